The van der Waals surface area contributed by atoms with Gasteiger partial charge in [0.05, 0.1) is 0 Å². The van der Waals surface area contributed by atoms with Crippen molar-refractivity contribution < 1.29 is 0 Å². The molecule has 0 spiro atoms. The van der Waals surface area contributed by atoms with Crippen LogP contribution in [0.5, 0.6) is 0 Å². The molecule has 0 unspecified atom stereocenters. The fourth-order valence-corrected chi connectivity index (χ4v) is 3.81. The number of aromatic amines is 1. The maximum Gasteiger partial charge on any atom is 0.281 e. The Morgan fingerprint density at radius 3 is 2.85 bits per heavy atom. The van der Waals surface area contributed by atoms with Crippen LogP contribution < -0.4 is 5.56 Å². The molecule has 0 bridgehead atoms. The van der Waals surface area contributed by atoms with Gasteiger partial charge in [0.2, 0.25) is 0 Å². The van der Waals surface area contributed by atoms with Crippen molar-refractivity contribution >= 4 is 11.2 Å². The maximum absolute atomic E-state index is 12.2. The van der Waals surface area contributed by atoms with Crippen molar-refractivity contribution in [1.82, 2.24) is 29.9 Å². The molecule has 0 radical (unpaired) electrons. The van der Waals surface area contributed by atoms with E-state index in [0.717, 1.165) is 32.6 Å². The predicted octanol–water partition coefficient (Wildman–Crippen LogP) is 2.55. The summed E-state index contributed by atoms with van der Waals surface area (Å²) < 4.78 is 1.81. The van der Waals surface area contributed by atoms with E-state index in [0.29, 0.717) is 22.9 Å². The highest BCUT2D eigenvalue weighted by atomic mass is 16.1. The van der Waals surface area contributed by atoms with Gasteiger partial charge in [0.15, 0.2) is 11.2 Å². The highest BCUT2D eigenvalue weighted by Gasteiger charge is 2.22. The number of fused-ring (bicyclic) bond motifs is 1. The van der Waals surface area contributed by atoms with Crippen molar-refractivity contribution in [2.75, 3.05) is 13.1 Å². The molecule has 1 atom stereocenters. The highest BCUT2D eigenvalue weighted by Crippen LogP contribution is 2.21. The molecule has 27 heavy (non-hydrogen) atoms. The number of likely N-dealkylation sites (tertiary alicyclic amines) is 1. The molecule has 1 aromatic carbocycles. The fourth-order valence-electron chi connectivity index (χ4n) is 3.81. The minimum absolute atomic E-state index is 0.154. The number of H-pyrrole nitrogens is 1. The molecular weight excluding hydrogens is 340 g/mol. The Morgan fingerprint density at radius 1 is 1.26 bits per heavy atom. The standard InChI is InChI=1S/C20H26N6O/c1-14(2)18-21-19-17(20(27)22-18)23-24-26(19)13-16-9-6-10-25(12-16)11-15-7-4-3-5-8-15/h3-5,7-8,14,16H,6,9-13H2,1-2H3,(H,21,22,27)/t16-/m1/s1. The van der Waals surface area contributed by atoms with Crippen LogP contribution in [0.3, 0.4) is 0 Å². The predicted molar refractivity (Wildman–Crippen MR) is 104 cm³/mol. The number of rotatable bonds is 5. The van der Waals surface area contributed by atoms with E-state index in [-0.39, 0.29) is 11.5 Å². The monoisotopic (exact) mass is 366 g/mol. The normalized spacial score (nSPS) is 18.4. The lowest BCUT2D eigenvalue weighted by molar-refractivity contribution is 0.153. The zero-order valence-corrected chi connectivity index (χ0v) is 15.9. The summed E-state index contributed by atoms with van der Waals surface area (Å²) in [7, 11) is 0. The van der Waals surface area contributed by atoms with E-state index >= 15 is 0 Å². The second-order valence-corrected chi connectivity index (χ2v) is 7.78. The van der Waals surface area contributed by atoms with Crippen LogP contribution in [0, 0.1) is 5.92 Å². The van der Waals surface area contributed by atoms with Crippen molar-refractivity contribution in [3.05, 3.63) is 52.1 Å². The number of nitrogens with one attached hydrogen (secondary N) is 1. The van der Waals surface area contributed by atoms with E-state index in [1.54, 1.807) is 0 Å². The van der Waals surface area contributed by atoms with Gasteiger partial charge in [-0.3, -0.25) is 9.69 Å². The smallest absolute Gasteiger partial charge is 0.281 e. The van der Waals surface area contributed by atoms with E-state index in [2.05, 4.69) is 55.5 Å². The average molecular weight is 366 g/mol. The quantitative estimate of drug-likeness (QED) is 0.751. The number of piperidine rings is 1. The van der Waals surface area contributed by atoms with Crippen LogP contribution in [0.1, 0.15) is 44.0 Å². The highest BCUT2D eigenvalue weighted by molar-refractivity contribution is 5.67. The molecule has 0 saturated carbocycles. The van der Waals surface area contributed by atoms with Gasteiger partial charge in [-0.2, -0.15) is 0 Å². The molecule has 3 heterocycles. The molecular formula is C20H26N6O. The van der Waals surface area contributed by atoms with E-state index < -0.39 is 0 Å². The zero-order chi connectivity index (χ0) is 18.8. The number of nitrogens with zero attached hydrogens (tertiary/aromatic N) is 5. The second-order valence-electron chi connectivity index (χ2n) is 7.78. The third kappa shape index (κ3) is 3.93. The number of aromatic nitrogens is 5. The van der Waals surface area contributed by atoms with Crippen LogP contribution >= 0.6 is 0 Å². The summed E-state index contributed by atoms with van der Waals surface area (Å²) in [5.41, 5.74) is 2.07. The van der Waals surface area contributed by atoms with Crippen molar-refractivity contribution in [3.63, 3.8) is 0 Å². The van der Waals surface area contributed by atoms with Crippen molar-refractivity contribution in [3.8, 4) is 0 Å². The van der Waals surface area contributed by atoms with Gasteiger partial charge in [0.1, 0.15) is 5.82 Å². The number of benzene rings is 1. The Bertz CT molecular complexity index is 962. The van der Waals surface area contributed by atoms with Gasteiger partial charge in [-0.25, -0.2) is 9.67 Å². The fraction of sp³-hybridized carbons (Fsp3) is 0.500. The van der Waals surface area contributed by atoms with E-state index in [1.807, 2.05) is 18.5 Å². The minimum atomic E-state index is -0.204. The Labute approximate surface area is 158 Å². The lowest BCUT2D eigenvalue weighted by Crippen LogP contribution is -2.36. The Morgan fingerprint density at radius 2 is 2.07 bits per heavy atom. The van der Waals surface area contributed by atoms with Gasteiger partial charge in [-0.1, -0.05) is 49.4 Å². The molecule has 142 valence electrons. The first-order valence-electron chi connectivity index (χ1n) is 9.70. The Kier molecular flexibility index (Phi) is 5.03. The van der Waals surface area contributed by atoms with Gasteiger partial charge >= 0.3 is 0 Å². The molecule has 7 heteroatoms. The van der Waals surface area contributed by atoms with Gasteiger partial charge in [0, 0.05) is 25.6 Å². The van der Waals surface area contributed by atoms with Crippen LogP contribution in [-0.2, 0) is 13.1 Å². The summed E-state index contributed by atoms with van der Waals surface area (Å²) in [6, 6.07) is 10.6. The maximum atomic E-state index is 12.2. The largest absolute Gasteiger partial charge is 0.308 e. The summed E-state index contributed by atoms with van der Waals surface area (Å²) in [5.74, 6) is 1.32. The summed E-state index contributed by atoms with van der Waals surface area (Å²) in [6.45, 7) is 7.90. The molecule has 3 aromatic rings. The van der Waals surface area contributed by atoms with E-state index in [4.69, 9.17) is 0 Å². The third-order valence-electron chi connectivity index (χ3n) is 5.22. The van der Waals surface area contributed by atoms with Crippen LogP contribution in [0.2, 0.25) is 0 Å². The average Bonchev–Trinajstić information content (AvgIpc) is 3.06. The molecule has 1 aliphatic heterocycles. The van der Waals surface area contributed by atoms with Crippen molar-refractivity contribution in [1.29, 1.82) is 0 Å². The topological polar surface area (TPSA) is 79.7 Å². The molecule has 0 amide bonds. The summed E-state index contributed by atoms with van der Waals surface area (Å²) in [6.07, 6.45) is 2.34. The van der Waals surface area contributed by atoms with Crippen LogP contribution in [0.4, 0.5) is 0 Å². The minimum Gasteiger partial charge on any atom is -0.308 e. The third-order valence-corrected chi connectivity index (χ3v) is 5.22. The molecule has 0 aliphatic carbocycles. The number of hydrogen-bond acceptors (Lipinski definition) is 5. The van der Waals surface area contributed by atoms with E-state index in [1.165, 1.54) is 12.0 Å². The van der Waals surface area contributed by atoms with Gasteiger partial charge in [0.25, 0.3) is 5.56 Å². The summed E-state index contributed by atoms with van der Waals surface area (Å²) >= 11 is 0. The van der Waals surface area contributed by atoms with Gasteiger partial charge < -0.3 is 4.98 Å². The Hall–Kier alpha value is -2.54. The molecule has 1 saturated heterocycles. The lowest BCUT2D eigenvalue weighted by Gasteiger charge is -2.32. The number of hydrogen-bond donors (Lipinski definition) is 1. The first kappa shape index (κ1) is 17.9. The molecule has 2 aromatic heterocycles. The van der Waals surface area contributed by atoms with Crippen LogP contribution in [0.25, 0.3) is 11.2 Å². The molecule has 4 rings (SSSR count). The SMILES string of the molecule is CC(C)c1nc2c(nnn2C[C@@H]2CCCN(Cc3ccccc3)C2)c(=O)[nH]1. The first-order valence-corrected chi connectivity index (χ1v) is 9.70. The summed E-state index contributed by atoms with van der Waals surface area (Å²) in [4.78, 5) is 22.2. The van der Waals surface area contributed by atoms with Crippen LogP contribution in [-0.4, -0.2) is 43.0 Å². The molecule has 7 nitrogen and oxygen atoms in total. The van der Waals surface area contributed by atoms with Crippen molar-refractivity contribution in [2.24, 2.45) is 5.92 Å². The summed E-state index contributed by atoms with van der Waals surface area (Å²) in [5, 5.41) is 8.29. The second kappa shape index (κ2) is 7.60. The molecule has 1 fully saturated rings. The molecule has 1 N–H and O–H groups in total. The first-order chi connectivity index (χ1) is 13.1. The van der Waals surface area contributed by atoms with Gasteiger partial charge in [-0.15, -0.1) is 5.10 Å². The van der Waals surface area contributed by atoms with Gasteiger partial charge in [-0.05, 0) is 30.9 Å². The lowest BCUT2D eigenvalue weighted by atomic mass is 9.97. The van der Waals surface area contributed by atoms with Crippen LogP contribution in [0.15, 0.2) is 35.1 Å². The molecule has 1 aliphatic rings. The van der Waals surface area contributed by atoms with Crippen molar-refractivity contribution in [2.45, 2.75) is 45.7 Å². The zero-order valence-electron chi connectivity index (χ0n) is 15.9. The Balaban J connectivity index is 1.51. The van der Waals surface area contributed by atoms with E-state index in [9.17, 15) is 4.79 Å².